The average molecular weight is 448 g/mol. The number of furan rings is 1. The molecule has 0 saturated carbocycles. The van der Waals surface area contributed by atoms with Crippen molar-refractivity contribution in [3.05, 3.63) is 89.4 Å². The van der Waals surface area contributed by atoms with E-state index in [-0.39, 0.29) is 17.6 Å². The lowest BCUT2D eigenvalue weighted by molar-refractivity contribution is 0.0827. The number of hydrogen-bond donors (Lipinski definition) is 3. The number of nitrogens with one attached hydrogen (secondary N) is 3. The van der Waals surface area contributed by atoms with Crippen molar-refractivity contribution in [1.29, 1.82) is 0 Å². The highest BCUT2D eigenvalue weighted by Crippen LogP contribution is 2.13. The maximum Gasteiger partial charge on any atom is 0.291 e. The van der Waals surface area contributed by atoms with Crippen molar-refractivity contribution in [3.8, 4) is 0 Å². The second-order valence-corrected chi connectivity index (χ2v) is 7.58. The van der Waals surface area contributed by atoms with Crippen LogP contribution >= 0.6 is 0 Å². The quantitative estimate of drug-likeness (QED) is 0.363. The number of aliphatic imine (C=N–C) groups is 1. The predicted octanol–water partition coefficient (Wildman–Crippen LogP) is 3.49. The molecule has 8 heteroatoms. The average Bonchev–Trinajstić information content (AvgIpc) is 3.36. The standard InChI is InChI=1S/C25H29N5O3/c1-4-26-25(27-16-18-10-12-20(13-11-18)24(32)30(2)3)28-17-19-7-5-8-21(15-19)29-23(31)22-9-6-14-33-22/h5-15H,4,16-17H2,1-3H3,(H,29,31)(H2,26,27,28). The van der Waals surface area contributed by atoms with Gasteiger partial charge in [0.05, 0.1) is 12.8 Å². The van der Waals surface area contributed by atoms with E-state index < -0.39 is 0 Å². The Balaban J connectivity index is 1.59. The van der Waals surface area contributed by atoms with Crippen LogP contribution in [0.15, 0.2) is 76.3 Å². The van der Waals surface area contributed by atoms with Crippen molar-refractivity contribution < 1.29 is 14.0 Å². The molecule has 0 unspecified atom stereocenters. The van der Waals surface area contributed by atoms with Gasteiger partial charge in [-0.3, -0.25) is 9.59 Å². The van der Waals surface area contributed by atoms with E-state index in [4.69, 9.17) is 4.42 Å². The number of nitrogens with zero attached hydrogens (tertiary/aromatic N) is 2. The fraction of sp³-hybridized carbons (Fsp3) is 0.240. The van der Waals surface area contributed by atoms with Gasteiger partial charge in [-0.2, -0.15) is 0 Å². The first kappa shape index (κ1) is 23.6. The molecule has 1 heterocycles. The maximum atomic E-state index is 12.2. The van der Waals surface area contributed by atoms with Gasteiger partial charge in [-0.25, -0.2) is 4.99 Å². The summed E-state index contributed by atoms with van der Waals surface area (Å²) in [6.45, 7) is 3.74. The molecule has 2 amide bonds. The predicted molar refractivity (Wildman–Crippen MR) is 129 cm³/mol. The van der Waals surface area contributed by atoms with Crippen molar-refractivity contribution in [2.75, 3.05) is 26.0 Å². The molecule has 172 valence electrons. The minimum absolute atomic E-state index is 0.0213. The second kappa shape index (κ2) is 11.5. The highest BCUT2D eigenvalue weighted by Gasteiger charge is 2.09. The number of rotatable bonds is 8. The maximum absolute atomic E-state index is 12.2. The van der Waals surface area contributed by atoms with Gasteiger partial charge in [0.2, 0.25) is 0 Å². The number of amides is 2. The third-order valence-electron chi connectivity index (χ3n) is 4.76. The van der Waals surface area contributed by atoms with E-state index in [9.17, 15) is 9.59 Å². The monoisotopic (exact) mass is 447 g/mol. The number of guanidine groups is 1. The summed E-state index contributed by atoms with van der Waals surface area (Å²) in [6.07, 6.45) is 1.47. The Morgan fingerprint density at radius 2 is 1.76 bits per heavy atom. The van der Waals surface area contributed by atoms with Crippen molar-refractivity contribution in [2.24, 2.45) is 4.99 Å². The topological polar surface area (TPSA) is 99.0 Å². The van der Waals surface area contributed by atoms with Crippen LogP contribution in [0, 0.1) is 0 Å². The lowest BCUT2D eigenvalue weighted by Crippen LogP contribution is -2.36. The molecule has 3 N–H and O–H groups in total. The third-order valence-corrected chi connectivity index (χ3v) is 4.76. The number of anilines is 1. The summed E-state index contributed by atoms with van der Waals surface area (Å²) >= 11 is 0. The highest BCUT2D eigenvalue weighted by atomic mass is 16.3. The summed E-state index contributed by atoms with van der Waals surface area (Å²) in [7, 11) is 3.47. The molecule has 2 aromatic carbocycles. The Kier molecular flexibility index (Phi) is 8.24. The minimum Gasteiger partial charge on any atom is -0.459 e. The first-order chi connectivity index (χ1) is 16.0. The van der Waals surface area contributed by atoms with Crippen LogP contribution in [0.1, 0.15) is 39.0 Å². The molecular weight excluding hydrogens is 418 g/mol. The van der Waals surface area contributed by atoms with Crippen LogP contribution in [0.2, 0.25) is 0 Å². The smallest absolute Gasteiger partial charge is 0.291 e. The van der Waals surface area contributed by atoms with Crippen LogP contribution in [0.5, 0.6) is 0 Å². The van der Waals surface area contributed by atoms with Crippen molar-refractivity contribution in [1.82, 2.24) is 15.5 Å². The first-order valence-corrected chi connectivity index (χ1v) is 10.7. The van der Waals surface area contributed by atoms with Gasteiger partial charge in [-0.05, 0) is 54.4 Å². The summed E-state index contributed by atoms with van der Waals surface area (Å²) in [6, 6.07) is 18.3. The second-order valence-electron chi connectivity index (χ2n) is 7.58. The zero-order valence-electron chi connectivity index (χ0n) is 19.1. The molecule has 0 spiro atoms. The van der Waals surface area contributed by atoms with Gasteiger partial charge in [-0.1, -0.05) is 24.3 Å². The summed E-state index contributed by atoms with van der Waals surface area (Å²) in [5.41, 5.74) is 3.33. The largest absolute Gasteiger partial charge is 0.459 e. The normalized spacial score (nSPS) is 11.1. The summed E-state index contributed by atoms with van der Waals surface area (Å²) < 4.78 is 5.13. The molecule has 33 heavy (non-hydrogen) atoms. The number of benzene rings is 2. The molecule has 1 aromatic heterocycles. The molecule has 0 aliphatic heterocycles. The number of hydrogen-bond acceptors (Lipinski definition) is 4. The molecule has 3 aromatic rings. The molecule has 0 bridgehead atoms. The fourth-order valence-corrected chi connectivity index (χ4v) is 3.07. The van der Waals surface area contributed by atoms with Gasteiger partial charge in [0.15, 0.2) is 11.7 Å². The van der Waals surface area contributed by atoms with Gasteiger partial charge >= 0.3 is 0 Å². The van der Waals surface area contributed by atoms with E-state index in [1.54, 1.807) is 31.1 Å². The highest BCUT2D eigenvalue weighted by molar-refractivity contribution is 6.02. The third kappa shape index (κ3) is 6.96. The van der Waals surface area contributed by atoms with E-state index in [0.29, 0.717) is 30.3 Å². The fourth-order valence-electron chi connectivity index (χ4n) is 3.07. The lowest BCUT2D eigenvalue weighted by atomic mass is 10.1. The molecule has 0 fully saturated rings. The van der Waals surface area contributed by atoms with E-state index >= 15 is 0 Å². The summed E-state index contributed by atoms with van der Waals surface area (Å²) in [5.74, 6) is 0.619. The van der Waals surface area contributed by atoms with Gasteiger partial charge in [-0.15, -0.1) is 0 Å². The van der Waals surface area contributed by atoms with Gasteiger partial charge in [0.25, 0.3) is 11.8 Å². The molecule has 0 aliphatic carbocycles. The van der Waals surface area contributed by atoms with Gasteiger partial charge in [0, 0.05) is 38.4 Å². The zero-order chi connectivity index (χ0) is 23.6. The molecule has 0 atom stereocenters. The van der Waals surface area contributed by atoms with Crippen LogP contribution in [0.25, 0.3) is 0 Å². The van der Waals surface area contributed by atoms with Crippen molar-refractivity contribution in [3.63, 3.8) is 0 Å². The van der Waals surface area contributed by atoms with Crippen LogP contribution in [-0.2, 0) is 13.1 Å². The zero-order valence-corrected chi connectivity index (χ0v) is 19.1. The molecule has 0 radical (unpaired) electrons. The molecular formula is C25H29N5O3. The minimum atomic E-state index is -0.297. The SMILES string of the molecule is CCNC(=NCc1cccc(NC(=O)c2ccco2)c1)NCc1ccc(C(=O)N(C)C)cc1. The summed E-state index contributed by atoms with van der Waals surface area (Å²) in [5, 5.41) is 9.36. The van der Waals surface area contributed by atoms with E-state index in [2.05, 4.69) is 20.9 Å². The summed E-state index contributed by atoms with van der Waals surface area (Å²) in [4.78, 5) is 30.4. The van der Waals surface area contributed by atoms with Gasteiger partial charge in [0.1, 0.15) is 0 Å². The Morgan fingerprint density at radius 3 is 2.42 bits per heavy atom. The molecule has 0 saturated heterocycles. The molecule has 0 aliphatic rings. The van der Waals surface area contributed by atoms with Gasteiger partial charge < -0.3 is 25.3 Å². The van der Waals surface area contributed by atoms with E-state index in [1.807, 2.05) is 55.5 Å². The Bertz CT molecular complexity index is 1090. The number of carbonyl (C=O) groups is 2. The van der Waals surface area contributed by atoms with Crippen molar-refractivity contribution >= 4 is 23.5 Å². The molecule has 8 nitrogen and oxygen atoms in total. The lowest BCUT2D eigenvalue weighted by Gasteiger charge is -2.13. The Hall–Kier alpha value is -4.07. The first-order valence-electron chi connectivity index (χ1n) is 10.7. The van der Waals surface area contributed by atoms with Crippen LogP contribution in [0.3, 0.4) is 0 Å². The van der Waals surface area contributed by atoms with Crippen LogP contribution in [0.4, 0.5) is 5.69 Å². The Morgan fingerprint density at radius 1 is 0.970 bits per heavy atom. The van der Waals surface area contributed by atoms with Crippen LogP contribution < -0.4 is 16.0 Å². The molecule has 3 rings (SSSR count). The Labute approximate surface area is 193 Å². The van der Waals surface area contributed by atoms with E-state index in [0.717, 1.165) is 17.7 Å². The van der Waals surface area contributed by atoms with Crippen LogP contribution in [-0.4, -0.2) is 43.3 Å². The number of carbonyl (C=O) groups excluding carboxylic acids is 2. The van der Waals surface area contributed by atoms with E-state index in [1.165, 1.54) is 6.26 Å². The van der Waals surface area contributed by atoms with Crippen molar-refractivity contribution in [2.45, 2.75) is 20.0 Å².